The van der Waals surface area contributed by atoms with E-state index in [1.54, 1.807) is 37.1 Å². The molecule has 6 nitrogen and oxygen atoms in total. The highest BCUT2D eigenvalue weighted by Crippen LogP contribution is 2.27. The Morgan fingerprint density at radius 1 is 1.13 bits per heavy atom. The highest BCUT2D eigenvalue weighted by molar-refractivity contribution is 7.99. The van der Waals surface area contributed by atoms with E-state index in [1.807, 2.05) is 35.7 Å². The van der Waals surface area contributed by atoms with Crippen molar-refractivity contribution in [2.45, 2.75) is 10.3 Å². The van der Waals surface area contributed by atoms with Crippen molar-refractivity contribution in [3.05, 3.63) is 61.5 Å². The average Bonchev–Trinajstić information content (AvgIpc) is 2.96. The monoisotopic (exact) mass is 324 g/mol. The lowest BCUT2D eigenvalue weighted by molar-refractivity contribution is 0.773. The van der Waals surface area contributed by atoms with Gasteiger partial charge in [-0.2, -0.15) is 0 Å². The van der Waals surface area contributed by atoms with Crippen LogP contribution in [0.2, 0.25) is 0 Å². The molecular weight excluding hydrogens is 308 g/mol. The molecule has 0 amide bonds. The molecule has 0 aliphatic rings. The van der Waals surface area contributed by atoms with Gasteiger partial charge in [-0.25, -0.2) is 15.0 Å². The Kier molecular flexibility index (Phi) is 4.38. The number of nitrogens with zero attached hydrogens (tertiary/aromatic N) is 6. The number of hydrogen-bond acceptors (Lipinski definition) is 6. The lowest BCUT2D eigenvalue weighted by atomic mass is 10.3. The van der Waals surface area contributed by atoms with Gasteiger partial charge < -0.3 is 9.47 Å². The van der Waals surface area contributed by atoms with E-state index in [0.717, 1.165) is 22.2 Å². The van der Waals surface area contributed by atoms with Gasteiger partial charge >= 0.3 is 0 Å². The minimum atomic E-state index is 0.666. The smallest absolute Gasteiger partial charge is 0.195 e. The number of hydrogen-bond donors (Lipinski definition) is 0. The molecule has 0 saturated carbocycles. The summed E-state index contributed by atoms with van der Waals surface area (Å²) in [7, 11) is 3.91. The zero-order chi connectivity index (χ0) is 16.2. The summed E-state index contributed by atoms with van der Waals surface area (Å²) in [5.74, 6) is 0. The lowest BCUT2D eigenvalue weighted by Crippen LogP contribution is -2.16. The van der Waals surface area contributed by atoms with Gasteiger partial charge in [0.1, 0.15) is 0 Å². The summed E-state index contributed by atoms with van der Waals surface area (Å²) in [6, 6.07) is 5.68. The minimum Gasteiger partial charge on any atom is -0.342 e. The fourth-order valence-corrected chi connectivity index (χ4v) is 2.79. The number of pyridine rings is 1. The van der Waals surface area contributed by atoms with E-state index in [1.165, 1.54) is 11.8 Å². The van der Waals surface area contributed by atoms with E-state index in [0.29, 0.717) is 5.16 Å². The van der Waals surface area contributed by atoms with Crippen molar-refractivity contribution in [3.63, 3.8) is 0 Å². The van der Waals surface area contributed by atoms with E-state index >= 15 is 0 Å². The standard InChI is InChI=1S/C16H16N6S/c1-12(21(2)13-6-4-7-17-10-13)14-11-20-16(22(14)3)23-15-18-8-5-9-19-15/h4-11H,1H2,2-3H3. The molecule has 23 heavy (non-hydrogen) atoms. The summed E-state index contributed by atoms with van der Waals surface area (Å²) < 4.78 is 1.98. The minimum absolute atomic E-state index is 0.666. The third-order valence-electron chi connectivity index (χ3n) is 3.40. The first kappa shape index (κ1) is 15.2. The summed E-state index contributed by atoms with van der Waals surface area (Å²) in [6.45, 7) is 4.18. The Labute approximate surface area is 138 Å². The first-order chi connectivity index (χ1) is 11.2. The maximum atomic E-state index is 4.45. The molecule has 0 atom stereocenters. The number of rotatable bonds is 5. The van der Waals surface area contributed by atoms with E-state index in [9.17, 15) is 0 Å². The SMILES string of the molecule is C=C(c1cnc(Sc2ncccn2)n1C)N(C)c1cccnc1. The predicted molar refractivity (Wildman–Crippen MR) is 91.0 cm³/mol. The van der Waals surface area contributed by atoms with Crippen LogP contribution in [0.1, 0.15) is 5.69 Å². The Bertz CT molecular complexity index is 800. The highest BCUT2D eigenvalue weighted by atomic mass is 32.2. The fraction of sp³-hybridized carbons (Fsp3) is 0.125. The van der Waals surface area contributed by atoms with Crippen molar-refractivity contribution < 1.29 is 0 Å². The zero-order valence-electron chi connectivity index (χ0n) is 12.9. The highest BCUT2D eigenvalue weighted by Gasteiger charge is 2.15. The molecule has 0 unspecified atom stereocenters. The van der Waals surface area contributed by atoms with Gasteiger partial charge in [-0.15, -0.1) is 0 Å². The molecule has 3 aromatic rings. The van der Waals surface area contributed by atoms with Crippen LogP contribution in [0.4, 0.5) is 5.69 Å². The van der Waals surface area contributed by atoms with Crippen LogP contribution in [0.15, 0.2) is 66.1 Å². The van der Waals surface area contributed by atoms with Crippen LogP contribution in [0.5, 0.6) is 0 Å². The van der Waals surface area contributed by atoms with Crippen molar-refractivity contribution in [1.29, 1.82) is 0 Å². The van der Waals surface area contributed by atoms with Crippen molar-refractivity contribution >= 4 is 23.1 Å². The second kappa shape index (κ2) is 6.62. The van der Waals surface area contributed by atoms with Crippen molar-refractivity contribution in [3.8, 4) is 0 Å². The largest absolute Gasteiger partial charge is 0.342 e. The van der Waals surface area contributed by atoms with Crippen LogP contribution in [0, 0.1) is 0 Å². The van der Waals surface area contributed by atoms with Crippen LogP contribution in [0.3, 0.4) is 0 Å². The molecule has 0 radical (unpaired) electrons. The molecule has 0 fully saturated rings. The van der Waals surface area contributed by atoms with E-state index in [-0.39, 0.29) is 0 Å². The second-order valence-electron chi connectivity index (χ2n) is 4.84. The maximum absolute atomic E-state index is 4.45. The van der Waals surface area contributed by atoms with Gasteiger partial charge in [0.05, 0.1) is 29.5 Å². The molecule has 0 aliphatic heterocycles. The molecule has 0 bridgehead atoms. The Hall–Kier alpha value is -2.67. The maximum Gasteiger partial charge on any atom is 0.195 e. The summed E-state index contributed by atoms with van der Waals surface area (Å²) in [5.41, 5.74) is 2.74. The van der Waals surface area contributed by atoms with E-state index < -0.39 is 0 Å². The van der Waals surface area contributed by atoms with Crippen molar-refractivity contribution in [1.82, 2.24) is 24.5 Å². The molecule has 0 aliphatic carbocycles. The molecular formula is C16H16N6S. The molecule has 0 aromatic carbocycles. The van der Waals surface area contributed by atoms with Gasteiger partial charge in [-0.05, 0) is 30.0 Å². The fourth-order valence-electron chi connectivity index (χ4n) is 2.06. The summed E-state index contributed by atoms with van der Waals surface area (Å²) in [6.07, 6.45) is 8.79. The Morgan fingerprint density at radius 2 is 1.91 bits per heavy atom. The van der Waals surface area contributed by atoms with Gasteiger partial charge in [0.2, 0.25) is 0 Å². The third kappa shape index (κ3) is 3.24. The molecule has 3 aromatic heterocycles. The van der Waals surface area contributed by atoms with Crippen LogP contribution in [-0.4, -0.2) is 31.6 Å². The molecule has 0 spiro atoms. The van der Waals surface area contributed by atoms with Gasteiger partial charge in [0, 0.05) is 32.7 Å². The van der Waals surface area contributed by atoms with Crippen molar-refractivity contribution in [2.75, 3.05) is 11.9 Å². The number of anilines is 1. The van der Waals surface area contributed by atoms with Crippen LogP contribution < -0.4 is 4.90 Å². The molecule has 116 valence electrons. The van der Waals surface area contributed by atoms with Crippen LogP contribution >= 0.6 is 11.8 Å². The molecule has 3 heterocycles. The number of imidazole rings is 1. The van der Waals surface area contributed by atoms with Crippen LogP contribution in [-0.2, 0) is 7.05 Å². The summed E-state index contributed by atoms with van der Waals surface area (Å²) in [5, 5.41) is 1.48. The Balaban J connectivity index is 1.83. The van der Waals surface area contributed by atoms with Gasteiger partial charge in [-0.1, -0.05) is 6.58 Å². The van der Waals surface area contributed by atoms with Gasteiger partial charge in [0.15, 0.2) is 10.3 Å². The normalized spacial score (nSPS) is 10.5. The molecule has 7 heteroatoms. The Morgan fingerprint density at radius 3 is 2.61 bits per heavy atom. The summed E-state index contributed by atoms with van der Waals surface area (Å²) in [4.78, 5) is 19.0. The van der Waals surface area contributed by atoms with Crippen LogP contribution in [0.25, 0.3) is 5.70 Å². The quantitative estimate of drug-likeness (QED) is 0.673. The first-order valence-corrected chi connectivity index (χ1v) is 7.78. The van der Waals surface area contributed by atoms with Gasteiger partial charge in [0.25, 0.3) is 0 Å². The first-order valence-electron chi connectivity index (χ1n) is 6.96. The van der Waals surface area contributed by atoms with Gasteiger partial charge in [-0.3, -0.25) is 4.98 Å². The number of aromatic nitrogens is 5. The van der Waals surface area contributed by atoms with E-state index in [4.69, 9.17) is 0 Å². The topological polar surface area (TPSA) is 59.7 Å². The summed E-state index contributed by atoms with van der Waals surface area (Å²) >= 11 is 1.42. The average molecular weight is 324 g/mol. The molecule has 0 saturated heterocycles. The molecule has 3 rings (SSSR count). The zero-order valence-corrected chi connectivity index (χ0v) is 13.7. The second-order valence-corrected chi connectivity index (χ2v) is 5.77. The molecule has 0 N–H and O–H groups in total. The third-order valence-corrected chi connectivity index (χ3v) is 4.36. The van der Waals surface area contributed by atoms with E-state index in [2.05, 4.69) is 26.5 Å². The lowest BCUT2D eigenvalue weighted by Gasteiger charge is -2.21. The predicted octanol–water partition coefficient (Wildman–Crippen LogP) is 2.86. The van der Waals surface area contributed by atoms with Crippen molar-refractivity contribution in [2.24, 2.45) is 7.05 Å².